The Balaban J connectivity index is 1.38. The molecule has 9 heteroatoms. The van der Waals surface area contributed by atoms with Gasteiger partial charge in [0.05, 0.1) is 12.8 Å². The number of hydrogen-bond acceptors (Lipinski definition) is 6. The molecule has 3 aromatic rings. The Morgan fingerprint density at radius 3 is 2.46 bits per heavy atom. The van der Waals surface area contributed by atoms with Crippen molar-refractivity contribution in [1.82, 2.24) is 20.0 Å². The molecular formula is C28H32FN5O3. The normalized spacial score (nSPS) is 13.9. The largest absolute Gasteiger partial charge is 0.497 e. The van der Waals surface area contributed by atoms with Gasteiger partial charge in [-0.15, -0.1) is 10.2 Å². The van der Waals surface area contributed by atoms with E-state index >= 15 is 0 Å². The number of anilines is 1. The van der Waals surface area contributed by atoms with E-state index in [1.54, 1.807) is 48.4 Å². The Labute approximate surface area is 216 Å². The zero-order chi connectivity index (χ0) is 26.4. The predicted molar refractivity (Wildman–Crippen MR) is 140 cm³/mol. The third kappa shape index (κ3) is 6.41. The van der Waals surface area contributed by atoms with Crippen LogP contribution in [0.15, 0.2) is 60.7 Å². The number of methoxy groups -OCH3 is 1. The lowest BCUT2D eigenvalue weighted by Crippen LogP contribution is -2.46. The van der Waals surface area contributed by atoms with Crippen LogP contribution in [0.5, 0.6) is 5.75 Å². The monoisotopic (exact) mass is 505 g/mol. The molecule has 37 heavy (non-hydrogen) atoms. The number of carbonyl (C=O) groups excluding carboxylic acids is 2. The highest BCUT2D eigenvalue weighted by Gasteiger charge is 2.26. The fourth-order valence-corrected chi connectivity index (χ4v) is 4.32. The summed E-state index contributed by atoms with van der Waals surface area (Å²) >= 11 is 0. The Kier molecular flexibility index (Phi) is 8.32. The molecule has 194 valence electrons. The van der Waals surface area contributed by atoms with Crippen LogP contribution in [0.3, 0.4) is 0 Å². The summed E-state index contributed by atoms with van der Waals surface area (Å²) in [6, 6.07) is 16.8. The maximum atomic E-state index is 13.2. The maximum absolute atomic E-state index is 13.2. The van der Waals surface area contributed by atoms with Crippen LogP contribution >= 0.6 is 0 Å². The van der Waals surface area contributed by atoms with Gasteiger partial charge >= 0.3 is 0 Å². The number of ether oxygens (including phenoxy) is 1. The first-order valence-electron chi connectivity index (χ1n) is 12.4. The maximum Gasteiger partial charge on any atom is 0.254 e. The highest BCUT2D eigenvalue weighted by atomic mass is 19.1. The van der Waals surface area contributed by atoms with Gasteiger partial charge in [0, 0.05) is 43.3 Å². The molecule has 4 rings (SSSR count). The van der Waals surface area contributed by atoms with Crippen molar-refractivity contribution in [2.24, 2.45) is 0 Å². The van der Waals surface area contributed by atoms with Crippen molar-refractivity contribution in [2.75, 3.05) is 44.7 Å². The van der Waals surface area contributed by atoms with Crippen LogP contribution in [-0.4, -0.2) is 77.7 Å². The molecule has 0 N–H and O–H groups in total. The van der Waals surface area contributed by atoms with E-state index in [-0.39, 0.29) is 30.2 Å². The van der Waals surface area contributed by atoms with Crippen molar-refractivity contribution in [3.63, 3.8) is 0 Å². The number of halogens is 1. The van der Waals surface area contributed by atoms with Gasteiger partial charge in [0.2, 0.25) is 5.91 Å². The van der Waals surface area contributed by atoms with Crippen molar-refractivity contribution in [1.29, 1.82) is 0 Å². The van der Waals surface area contributed by atoms with E-state index in [9.17, 15) is 14.0 Å². The van der Waals surface area contributed by atoms with Gasteiger partial charge in [0.25, 0.3) is 5.91 Å². The minimum absolute atomic E-state index is 0.0138. The Morgan fingerprint density at radius 2 is 1.78 bits per heavy atom. The third-order valence-electron chi connectivity index (χ3n) is 6.47. The summed E-state index contributed by atoms with van der Waals surface area (Å²) in [6.45, 7) is 6.31. The SMILES string of the molecule is COc1cccc(C(=O)N(CC(=O)N2CCCN(c3ccc(-c4ccc(F)cc4)nn3)CC2)C(C)C)c1. The van der Waals surface area contributed by atoms with E-state index in [0.29, 0.717) is 36.6 Å². The number of aromatic nitrogens is 2. The van der Waals surface area contributed by atoms with Gasteiger partial charge in [-0.05, 0) is 74.9 Å². The lowest BCUT2D eigenvalue weighted by atomic mass is 10.1. The zero-order valence-corrected chi connectivity index (χ0v) is 21.4. The van der Waals surface area contributed by atoms with Crippen molar-refractivity contribution >= 4 is 17.6 Å². The van der Waals surface area contributed by atoms with Crippen LogP contribution in [0, 0.1) is 5.82 Å². The average Bonchev–Trinajstić information content (AvgIpc) is 3.18. The number of carbonyl (C=O) groups is 2. The minimum atomic E-state index is -0.293. The molecule has 0 saturated carbocycles. The highest BCUT2D eigenvalue weighted by molar-refractivity contribution is 5.97. The molecule has 8 nitrogen and oxygen atoms in total. The molecule has 0 bridgehead atoms. The average molecular weight is 506 g/mol. The molecule has 0 atom stereocenters. The molecule has 2 amide bonds. The molecule has 1 aliphatic rings. The molecule has 1 saturated heterocycles. The van der Waals surface area contributed by atoms with E-state index in [0.717, 1.165) is 24.3 Å². The van der Waals surface area contributed by atoms with Crippen molar-refractivity contribution in [3.05, 3.63) is 72.0 Å². The summed E-state index contributed by atoms with van der Waals surface area (Å²) in [7, 11) is 1.56. The van der Waals surface area contributed by atoms with Gasteiger partial charge in [0.1, 0.15) is 18.1 Å². The summed E-state index contributed by atoms with van der Waals surface area (Å²) in [4.78, 5) is 31.9. The van der Waals surface area contributed by atoms with Crippen LogP contribution in [0.2, 0.25) is 0 Å². The number of benzene rings is 2. The molecule has 0 spiro atoms. The van der Waals surface area contributed by atoms with E-state index in [4.69, 9.17) is 4.74 Å². The number of nitrogens with zero attached hydrogens (tertiary/aromatic N) is 5. The first-order chi connectivity index (χ1) is 17.9. The molecule has 2 heterocycles. The van der Waals surface area contributed by atoms with Crippen LogP contribution in [-0.2, 0) is 4.79 Å². The molecule has 1 fully saturated rings. The van der Waals surface area contributed by atoms with Crippen molar-refractivity contribution in [3.8, 4) is 17.0 Å². The van der Waals surface area contributed by atoms with Crippen LogP contribution in [0.25, 0.3) is 11.3 Å². The smallest absolute Gasteiger partial charge is 0.254 e. The third-order valence-corrected chi connectivity index (χ3v) is 6.47. The van der Waals surface area contributed by atoms with Gasteiger partial charge < -0.3 is 19.4 Å². The molecule has 1 aromatic heterocycles. The fraction of sp³-hybridized carbons (Fsp3) is 0.357. The molecular weight excluding hydrogens is 473 g/mol. The summed E-state index contributed by atoms with van der Waals surface area (Å²) in [6.07, 6.45) is 0.776. The van der Waals surface area contributed by atoms with E-state index < -0.39 is 0 Å². The van der Waals surface area contributed by atoms with E-state index in [2.05, 4.69) is 15.1 Å². The van der Waals surface area contributed by atoms with Gasteiger partial charge in [-0.25, -0.2) is 4.39 Å². The second kappa shape index (κ2) is 11.8. The van der Waals surface area contributed by atoms with Gasteiger partial charge in [-0.2, -0.15) is 0 Å². The topological polar surface area (TPSA) is 78.9 Å². The van der Waals surface area contributed by atoms with Gasteiger partial charge in [0.15, 0.2) is 5.82 Å². The molecule has 0 radical (unpaired) electrons. The number of hydrogen-bond donors (Lipinski definition) is 0. The van der Waals surface area contributed by atoms with Crippen LogP contribution in [0.4, 0.5) is 10.2 Å². The molecule has 2 aromatic carbocycles. The fourth-order valence-electron chi connectivity index (χ4n) is 4.32. The molecule has 1 aliphatic heterocycles. The highest BCUT2D eigenvalue weighted by Crippen LogP contribution is 2.20. The Morgan fingerprint density at radius 1 is 1.00 bits per heavy atom. The zero-order valence-electron chi connectivity index (χ0n) is 21.4. The Hall–Kier alpha value is -4.01. The van der Waals surface area contributed by atoms with Gasteiger partial charge in [-0.3, -0.25) is 9.59 Å². The second-order valence-electron chi connectivity index (χ2n) is 9.26. The second-order valence-corrected chi connectivity index (χ2v) is 9.26. The minimum Gasteiger partial charge on any atom is -0.497 e. The van der Waals surface area contributed by atoms with Crippen LogP contribution < -0.4 is 9.64 Å². The summed E-state index contributed by atoms with van der Waals surface area (Å²) in [5.41, 5.74) is 1.96. The lowest BCUT2D eigenvalue weighted by Gasteiger charge is -2.29. The standard InChI is InChI=1S/C28H32FN5O3/c1-20(2)34(28(36)22-6-4-7-24(18-22)37-3)19-27(35)33-15-5-14-32(16-17-33)26-13-12-25(30-31-26)21-8-10-23(29)11-9-21/h4,6-13,18,20H,5,14-17,19H2,1-3H3. The Bertz CT molecular complexity index is 1220. The molecule has 0 unspecified atom stereocenters. The molecule has 0 aliphatic carbocycles. The quantitative estimate of drug-likeness (QED) is 0.485. The predicted octanol–water partition coefficient (Wildman–Crippen LogP) is 3.88. The summed E-state index contributed by atoms with van der Waals surface area (Å²) < 4.78 is 18.4. The van der Waals surface area contributed by atoms with Crippen LogP contribution in [0.1, 0.15) is 30.6 Å². The number of rotatable bonds is 7. The van der Waals surface area contributed by atoms with E-state index in [1.165, 1.54) is 12.1 Å². The van der Waals surface area contributed by atoms with Gasteiger partial charge in [-0.1, -0.05) is 6.07 Å². The number of amides is 2. The summed E-state index contributed by atoms with van der Waals surface area (Å²) in [5, 5.41) is 8.68. The lowest BCUT2D eigenvalue weighted by molar-refractivity contribution is -0.132. The van der Waals surface area contributed by atoms with E-state index in [1.807, 2.05) is 30.9 Å². The first kappa shape index (κ1) is 26.1. The summed E-state index contributed by atoms with van der Waals surface area (Å²) in [5.74, 6) is 0.761. The first-order valence-corrected chi connectivity index (χ1v) is 12.4. The van der Waals surface area contributed by atoms with Crippen molar-refractivity contribution < 1.29 is 18.7 Å². The van der Waals surface area contributed by atoms with Crippen molar-refractivity contribution in [2.45, 2.75) is 26.3 Å².